The lowest BCUT2D eigenvalue weighted by Crippen LogP contribution is -2.38. The number of para-hydroxylation sites is 1. The Hall–Kier alpha value is -1.06. The Labute approximate surface area is 122 Å². The van der Waals surface area contributed by atoms with Gasteiger partial charge in [0.05, 0.1) is 0 Å². The first kappa shape index (κ1) is 13.9. The van der Waals surface area contributed by atoms with Gasteiger partial charge in [-0.25, -0.2) is 0 Å². The molecule has 2 saturated heterocycles. The summed E-state index contributed by atoms with van der Waals surface area (Å²) in [5, 5.41) is 3.44. The quantitative estimate of drug-likeness (QED) is 0.917. The maximum absolute atomic E-state index is 6.35. The van der Waals surface area contributed by atoms with Gasteiger partial charge in [0.2, 0.25) is 0 Å². The first-order valence-corrected chi connectivity index (χ1v) is 7.98. The molecule has 2 fully saturated rings. The molecule has 0 aromatic heterocycles. The number of likely N-dealkylation sites (N-methyl/N-ethyl adjacent to an activating group) is 1. The number of nitrogens with zero attached hydrogens (tertiary/aromatic N) is 1. The van der Waals surface area contributed by atoms with E-state index in [-0.39, 0.29) is 0 Å². The van der Waals surface area contributed by atoms with Gasteiger partial charge in [0.1, 0.15) is 11.9 Å². The normalized spacial score (nSPS) is 25.6. The summed E-state index contributed by atoms with van der Waals surface area (Å²) in [6.07, 6.45) is 5.24. The fourth-order valence-corrected chi connectivity index (χ4v) is 3.45. The minimum atomic E-state index is 0.358. The van der Waals surface area contributed by atoms with Crippen molar-refractivity contribution in [3.63, 3.8) is 0 Å². The van der Waals surface area contributed by atoms with E-state index in [1.54, 1.807) is 0 Å². The zero-order valence-corrected chi connectivity index (χ0v) is 12.5. The van der Waals surface area contributed by atoms with Crippen LogP contribution in [0, 0.1) is 0 Å². The lowest BCUT2D eigenvalue weighted by molar-refractivity contribution is 0.103. The Kier molecular flexibility index (Phi) is 4.58. The fourth-order valence-electron chi connectivity index (χ4n) is 3.45. The van der Waals surface area contributed by atoms with Gasteiger partial charge in [0, 0.05) is 6.54 Å². The zero-order chi connectivity index (χ0) is 13.8. The van der Waals surface area contributed by atoms with E-state index in [2.05, 4.69) is 41.5 Å². The summed E-state index contributed by atoms with van der Waals surface area (Å²) in [7, 11) is 2.19. The molecule has 1 aromatic rings. The van der Waals surface area contributed by atoms with Crippen LogP contribution in [0.5, 0.6) is 5.75 Å². The molecule has 20 heavy (non-hydrogen) atoms. The Bertz CT molecular complexity index is 429. The number of hydrogen-bond donors (Lipinski definition) is 1. The van der Waals surface area contributed by atoms with Gasteiger partial charge in [0.15, 0.2) is 0 Å². The molecule has 0 bridgehead atoms. The van der Waals surface area contributed by atoms with Gasteiger partial charge >= 0.3 is 0 Å². The molecule has 1 atom stereocenters. The maximum Gasteiger partial charge on any atom is 0.123 e. The largest absolute Gasteiger partial charge is 0.489 e. The summed E-state index contributed by atoms with van der Waals surface area (Å²) >= 11 is 0. The average molecular weight is 274 g/mol. The van der Waals surface area contributed by atoms with Crippen LogP contribution in [-0.2, 0) is 0 Å². The van der Waals surface area contributed by atoms with Crippen LogP contribution in [0.4, 0.5) is 0 Å². The number of likely N-dealkylation sites (tertiary alicyclic amines) is 1. The Morgan fingerprint density at radius 3 is 2.75 bits per heavy atom. The van der Waals surface area contributed by atoms with Gasteiger partial charge in [0.25, 0.3) is 0 Å². The summed E-state index contributed by atoms with van der Waals surface area (Å²) in [6.45, 7) is 4.52. The molecule has 2 heterocycles. The predicted molar refractivity (Wildman–Crippen MR) is 82.4 cm³/mol. The van der Waals surface area contributed by atoms with Crippen LogP contribution in [0.15, 0.2) is 24.3 Å². The Morgan fingerprint density at radius 1 is 1.15 bits per heavy atom. The van der Waals surface area contributed by atoms with E-state index in [4.69, 9.17) is 4.74 Å². The molecule has 0 saturated carbocycles. The van der Waals surface area contributed by atoms with Crippen LogP contribution in [0.25, 0.3) is 0 Å². The van der Waals surface area contributed by atoms with Crippen molar-refractivity contribution in [1.82, 2.24) is 10.2 Å². The summed E-state index contributed by atoms with van der Waals surface area (Å²) in [5.74, 6) is 1.79. The number of hydrogen-bond acceptors (Lipinski definition) is 3. The van der Waals surface area contributed by atoms with Crippen molar-refractivity contribution >= 4 is 0 Å². The molecular formula is C17H26N2O. The van der Waals surface area contributed by atoms with Crippen LogP contribution >= 0.6 is 0 Å². The first-order valence-electron chi connectivity index (χ1n) is 7.98. The first-order chi connectivity index (χ1) is 9.83. The van der Waals surface area contributed by atoms with Gasteiger partial charge < -0.3 is 15.0 Å². The molecule has 3 rings (SSSR count). The van der Waals surface area contributed by atoms with Crippen LogP contribution < -0.4 is 10.1 Å². The van der Waals surface area contributed by atoms with E-state index in [1.165, 1.54) is 37.8 Å². The molecule has 2 aliphatic heterocycles. The third kappa shape index (κ3) is 3.33. The van der Waals surface area contributed by atoms with E-state index in [9.17, 15) is 0 Å². The molecule has 1 unspecified atom stereocenters. The highest BCUT2D eigenvalue weighted by Crippen LogP contribution is 2.33. The second-order valence-corrected chi connectivity index (χ2v) is 6.21. The number of nitrogens with one attached hydrogen (secondary N) is 1. The second kappa shape index (κ2) is 6.59. The summed E-state index contributed by atoms with van der Waals surface area (Å²) in [4.78, 5) is 2.38. The lowest BCUT2D eigenvalue weighted by Gasteiger charge is -2.32. The molecule has 0 radical (unpaired) electrons. The molecular weight excluding hydrogens is 248 g/mol. The lowest BCUT2D eigenvalue weighted by atomic mass is 9.89. The van der Waals surface area contributed by atoms with Crippen molar-refractivity contribution in [1.29, 1.82) is 0 Å². The monoisotopic (exact) mass is 274 g/mol. The Morgan fingerprint density at radius 2 is 1.95 bits per heavy atom. The number of benzene rings is 1. The molecule has 3 nitrogen and oxygen atoms in total. The third-order valence-corrected chi connectivity index (χ3v) is 4.57. The SMILES string of the molecule is CN1CCCC(Oc2ccccc2C2CCNCC2)C1. The Balaban J connectivity index is 1.71. The molecule has 3 heteroatoms. The van der Waals surface area contributed by atoms with E-state index >= 15 is 0 Å². The van der Waals surface area contributed by atoms with E-state index in [0.29, 0.717) is 12.0 Å². The second-order valence-electron chi connectivity index (χ2n) is 6.21. The van der Waals surface area contributed by atoms with Crippen LogP contribution in [0.2, 0.25) is 0 Å². The van der Waals surface area contributed by atoms with Crippen molar-refractivity contribution in [3.05, 3.63) is 29.8 Å². The zero-order valence-electron chi connectivity index (χ0n) is 12.5. The van der Waals surface area contributed by atoms with Crippen LogP contribution in [0.3, 0.4) is 0 Å². The predicted octanol–water partition coefficient (Wildman–Crippen LogP) is 2.63. The van der Waals surface area contributed by atoms with Crippen molar-refractivity contribution in [3.8, 4) is 5.75 Å². The molecule has 0 amide bonds. The third-order valence-electron chi connectivity index (χ3n) is 4.57. The molecule has 110 valence electrons. The van der Waals surface area contributed by atoms with Gasteiger partial charge in [-0.1, -0.05) is 18.2 Å². The number of piperidine rings is 2. The minimum Gasteiger partial charge on any atom is -0.489 e. The number of ether oxygens (including phenoxy) is 1. The topological polar surface area (TPSA) is 24.5 Å². The van der Waals surface area contributed by atoms with E-state index in [1.807, 2.05) is 0 Å². The fraction of sp³-hybridized carbons (Fsp3) is 0.647. The molecule has 0 spiro atoms. The summed E-state index contributed by atoms with van der Waals surface area (Å²) < 4.78 is 6.35. The van der Waals surface area contributed by atoms with Crippen molar-refractivity contribution in [2.75, 3.05) is 33.2 Å². The van der Waals surface area contributed by atoms with E-state index in [0.717, 1.165) is 25.4 Å². The standard InChI is InChI=1S/C17H26N2O/c1-19-12-4-5-15(13-19)20-17-7-3-2-6-16(17)14-8-10-18-11-9-14/h2-3,6-7,14-15,18H,4-5,8-13H2,1H3. The summed E-state index contributed by atoms with van der Waals surface area (Å²) in [5.41, 5.74) is 1.42. The van der Waals surface area contributed by atoms with Crippen molar-refractivity contribution in [2.24, 2.45) is 0 Å². The molecule has 0 aliphatic carbocycles. The van der Waals surface area contributed by atoms with Crippen LogP contribution in [0.1, 0.15) is 37.2 Å². The van der Waals surface area contributed by atoms with Gasteiger partial charge in [-0.3, -0.25) is 0 Å². The molecule has 1 aromatic carbocycles. The van der Waals surface area contributed by atoms with Gasteiger partial charge in [-0.05, 0) is 69.9 Å². The van der Waals surface area contributed by atoms with Gasteiger partial charge in [-0.2, -0.15) is 0 Å². The highest BCUT2D eigenvalue weighted by molar-refractivity contribution is 5.36. The van der Waals surface area contributed by atoms with Crippen molar-refractivity contribution < 1.29 is 4.74 Å². The van der Waals surface area contributed by atoms with Crippen molar-refractivity contribution in [2.45, 2.75) is 37.7 Å². The van der Waals surface area contributed by atoms with Crippen LogP contribution in [-0.4, -0.2) is 44.2 Å². The minimum absolute atomic E-state index is 0.358. The summed E-state index contributed by atoms with van der Waals surface area (Å²) in [6, 6.07) is 8.67. The molecule has 1 N–H and O–H groups in total. The highest BCUT2D eigenvalue weighted by atomic mass is 16.5. The number of rotatable bonds is 3. The maximum atomic E-state index is 6.35. The van der Waals surface area contributed by atoms with E-state index < -0.39 is 0 Å². The van der Waals surface area contributed by atoms with Gasteiger partial charge in [-0.15, -0.1) is 0 Å². The highest BCUT2D eigenvalue weighted by Gasteiger charge is 2.22. The average Bonchev–Trinajstić information content (AvgIpc) is 2.49. The molecule has 2 aliphatic rings. The smallest absolute Gasteiger partial charge is 0.123 e.